The lowest BCUT2D eigenvalue weighted by Crippen LogP contribution is -2.27. The number of anilines is 1. The Bertz CT molecular complexity index is 788. The summed E-state index contributed by atoms with van der Waals surface area (Å²) in [6.07, 6.45) is 0.769. The zero-order valence-electron chi connectivity index (χ0n) is 14.7. The molecule has 2 amide bonds. The van der Waals surface area contributed by atoms with Crippen LogP contribution in [0.1, 0.15) is 17.9 Å². The van der Waals surface area contributed by atoms with Gasteiger partial charge in [-0.3, -0.25) is 9.59 Å². The molecule has 2 aromatic rings. The minimum atomic E-state index is -0.273. The van der Waals surface area contributed by atoms with Crippen molar-refractivity contribution in [3.05, 3.63) is 59.9 Å². The van der Waals surface area contributed by atoms with Crippen LogP contribution in [0, 0.1) is 11.7 Å². The van der Waals surface area contributed by atoms with E-state index in [1.807, 2.05) is 0 Å². The normalized spacial score (nSPS) is 18.1. The molecule has 1 aliphatic rings. The first kappa shape index (κ1) is 17.9. The predicted molar refractivity (Wildman–Crippen MR) is 96.5 cm³/mol. The molecule has 5 nitrogen and oxygen atoms in total. The summed E-state index contributed by atoms with van der Waals surface area (Å²) in [6, 6.07) is 13.2. The van der Waals surface area contributed by atoms with Gasteiger partial charge in [0.25, 0.3) is 5.91 Å². The summed E-state index contributed by atoms with van der Waals surface area (Å²) in [7, 11) is 3.34. The Morgan fingerprint density at radius 3 is 2.38 bits per heavy atom. The number of rotatable bonds is 6. The van der Waals surface area contributed by atoms with Crippen molar-refractivity contribution in [2.75, 3.05) is 26.0 Å². The molecule has 1 fully saturated rings. The molecular formula is C20H21FN2O3. The van der Waals surface area contributed by atoms with E-state index in [0.717, 1.165) is 12.0 Å². The number of hydrogen-bond donors (Lipinski definition) is 1. The van der Waals surface area contributed by atoms with Crippen molar-refractivity contribution in [1.29, 1.82) is 0 Å². The first-order chi connectivity index (χ1) is 12.4. The van der Waals surface area contributed by atoms with E-state index in [1.54, 1.807) is 50.5 Å². The number of nitrogens with one attached hydrogen (secondary N) is 1. The summed E-state index contributed by atoms with van der Waals surface area (Å²) in [4.78, 5) is 25.3. The smallest absolute Gasteiger partial charge is 0.259 e. The molecule has 0 heterocycles. The molecule has 1 N–H and O–H groups in total. The fourth-order valence-electron chi connectivity index (χ4n) is 2.71. The van der Waals surface area contributed by atoms with E-state index in [4.69, 9.17) is 4.74 Å². The third-order valence-electron chi connectivity index (χ3n) is 4.41. The van der Waals surface area contributed by atoms with E-state index in [2.05, 4.69) is 5.32 Å². The fraction of sp³-hybridized carbons (Fsp3) is 0.300. The molecule has 3 rings (SSSR count). The third kappa shape index (κ3) is 4.39. The van der Waals surface area contributed by atoms with Crippen molar-refractivity contribution in [2.45, 2.75) is 12.3 Å². The highest BCUT2D eigenvalue weighted by Gasteiger charge is 2.43. The van der Waals surface area contributed by atoms with Crippen molar-refractivity contribution >= 4 is 17.5 Å². The fourth-order valence-corrected chi connectivity index (χ4v) is 2.71. The molecule has 2 aromatic carbocycles. The molecule has 0 spiro atoms. The maximum absolute atomic E-state index is 13.0. The van der Waals surface area contributed by atoms with Gasteiger partial charge in [-0.1, -0.05) is 12.1 Å². The van der Waals surface area contributed by atoms with Crippen LogP contribution < -0.4 is 10.1 Å². The molecule has 2 unspecified atom stereocenters. The second-order valence-electron chi connectivity index (χ2n) is 6.59. The first-order valence-electron chi connectivity index (χ1n) is 8.43. The Labute approximate surface area is 151 Å². The standard InChI is InChI=1S/C20H21FN2O3/c1-23(2)19(24)12-26-16-9-7-15(8-10-16)22-20(25)18-11-17(18)13-3-5-14(21)6-4-13/h3-10,17-18H,11-12H2,1-2H3,(H,22,25). The van der Waals surface area contributed by atoms with E-state index in [-0.39, 0.29) is 36.1 Å². The van der Waals surface area contributed by atoms with Gasteiger partial charge in [-0.05, 0) is 54.3 Å². The van der Waals surface area contributed by atoms with Gasteiger partial charge in [0, 0.05) is 25.7 Å². The second kappa shape index (κ2) is 7.56. The lowest BCUT2D eigenvalue weighted by atomic mass is 10.1. The molecule has 0 aliphatic heterocycles. The lowest BCUT2D eigenvalue weighted by Gasteiger charge is -2.11. The molecule has 6 heteroatoms. The number of hydrogen-bond acceptors (Lipinski definition) is 3. The Hall–Kier alpha value is -2.89. The van der Waals surface area contributed by atoms with Gasteiger partial charge in [-0.25, -0.2) is 4.39 Å². The molecule has 1 saturated carbocycles. The number of nitrogens with zero attached hydrogens (tertiary/aromatic N) is 1. The second-order valence-corrected chi connectivity index (χ2v) is 6.59. The van der Waals surface area contributed by atoms with E-state index < -0.39 is 0 Å². The van der Waals surface area contributed by atoms with Crippen LogP contribution >= 0.6 is 0 Å². The van der Waals surface area contributed by atoms with Gasteiger partial charge in [0.2, 0.25) is 5.91 Å². The molecule has 26 heavy (non-hydrogen) atoms. The SMILES string of the molecule is CN(C)C(=O)COc1ccc(NC(=O)C2CC2c2ccc(F)cc2)cc1. The molecule has 1 aliphatic carbocycles. The van der Waals surface area contributed by atoms with Crippen molar-refractivity contribution in [1.82, 2.24) is 4.90 Å². The highest BCUT2D eigenvalue weighted by atomic mass is 19.1. The van der Waals surface area contributed by atoms with Crippen molar-refractivity contribution < 1.29 is 18.7 Å². The van der Waals surface area contributed by atoms with Gasteiger partial charge >= 0.3 is 0 Å². The number of carbonyl (C=O) groups is 2. The van der Waals surface area contributed by atoms with E-state index in [1.165, 1.54) is 17.0 Å². The number of amides is 2. The van der Waals surface area contributed by atoms with Crippen LogP contribution in [-0.4, -0.2) is 37.4 Å². The third-order valence-corrected chi connectivity index (χ3v) is 4.41. The Balaban J connectivity index is 1.51. The van der Waals surface area contributed by atoms with Crippen LogP contribution in [-0.2, 0) is 9.59 Å². The van der Waals surface area contributed by atoms with Crippen molar-refractivity contribution in [3.63, 3.8) is 0 Å². The highest BCUT2D eigenvalue weighted by molar-refractivity contribution is 5.95. The zero-order chi connectivity index (χ0) is 18.7. The number of likely N-dealkylation sites (N-methyl/N-ethyl adjacent to an activating group) is 1. The summed E-state index contributed by atoms with van der Waals surface area (Å²) in [5.74, 6) is 0.182. The summed E-state index contributed by atoms with van der Waals surface area (Å²) >= 11 is 0. The monoisotopic (exact) mass is 356 g/mol. The zero-order valence-corrected chi connectivity index (χ0v) is 14.7. The van der Waals surface area contributed by atoms with Gasteiger partial charge in [-0.2, -0.15) is 0 Å². The maximum Gasteiger partial charge on any atom is 0.259 e. The summed E-state index contributed by atoms with van der Waals surface area (Å²) < 4.78 is 18.4. The summed E-state index contributed by atoms with van der Waals surface area (Å²) in [5.41, 5.74) is 1.66. The van der Waals surface area contributed by atoms with Gasteiger partial charge in [0.05, 0.1) is 0 Å². The Morgan fingerprint density at radius 2 is 1.77 bits per heavy atom. The van der Waals surface area contributed by atoms with Crippen molar-refractivity contribution in [3.8, 4) is 5.75 Å². The average Bonchev–Trinajstić information content (AvgIpc) is 3.42. The van der Waals surface area contributed by atoms with Crippen LogP contribution in [0.3, 0.4) is 0 Å². The Morgan fingerprint density at radius 1 is 1.12 bits per heavy atom. The van der Waals surface area contributed by atoms with Crippen LogP contribution in [0.25, 0.3) is 0 Å². The highest BCUT2D eigenvalue weighted by Crippen LogP contribution is 2.48. The summed E-state index contributed by atoms with van der Waals surface area (Å²) in [6.45, 7) is -0.0276. The lowest BCUT2D eigenvalue weighted by molar-refractivity contribution is -0.130. The molecule has 136 valence electrons. The minimum Gasteiger partial charge on any atom is -0.484 e. The van der Waals surface area contributed by atoms with E-state index in [0.29, 0.717) is 11.4 Å². The van der Waals surface area contributed by atoms with Gasteiger partial charge in [0.1, 0.15) is 11.6 Å². The largest absolute Gasteiger partial charge is 0.484 e. The summed E-state index contributed by atoms with van der Waals surface area (Å²) in [5, 5.41) is 2.88. The van der Waals surface area contributed by atoms with Gasteiger partial charge in [-0.15, -0.1) is 0 Å². The predicted octanol–water partition coefficient (Wildman–Crippen LogP) is 3.03. The minimum absolute atomic E-state index is 0.0276. The number of carbonyl (C=O) groups excluding carboxylic acids is 2. The molecule has 0 aromatic heterocycles. The van der Waals surface area contributed by atoms with E-state index in [9.17, 15) is 14.0 Å². The molecular weight excluding hydrogens is 335 g/mol. The van der Waals surface area contributed by atoms with Crippen molar-refractivity contribution in [2.24, 2.45) is 5.92 Å². The number of halogens is 1. The van der Waals surface area contributed by atoms with Crippen LogP contribution in [0.5, 0.6) is 5.75 Å². The first-order valence-corrected chi connectivity index (χ1v) is 8.43. The number of benzene rings is 2. The van der Waals surface area contributed by atoms with Gasteiger partial charge < -0.3 is 15.0 Å². The molecule has 0 bridgehead atoms. The van der Waals surface area contributed by atoms with Crippen LogP contribution in [0.2, 0.25) is 0 Å². The van der Waals surface area contributed by atoms with Crippen LogP contribution in [0.15, 0.2) is 48.5 Å². The quantitative estimate of drug-likeness (QED) is 0.865. The maximum atomic E-state index is 13.0. The van der Waals surface area contributed by atoms with Gasteiger partial charge in [0.15, 0.2) is 6.61 Å². The topological polar surface area (TPSA) is 58.6 Å². The molecule has 0 saturated heterocycles. The average molecular weight is 356 g/mol. The number of ether oxygens (including phenoxy) is 1. The Kier molecular flexibility index (Phi) is 5.21. The van der Waals surface area contributed by atoms with Crippen LogP contribution in [0.4, 0.5) is 10.1 Å². The molecule has 2 atom stereocenters. The molecule has 0 radical (unpaired) electrons. The van der Waals surface area contributed by atoms with E-state index >= 15 is 0 Å².